The SMILES string of the molecule is COc1ccc([C@H]2CC[C@@H](CO)N2)cc1. The number of hydrogen-bond donors (Lipinski definition) is 2. The quantitative estimate of drug-likeness (QED) is 0.789. The second kappa shape index (κ2) is 4.64. The van der Waals surface area contributed by atoms with Crippen molar-refractivity contribution < 1.29 is 9.84 Å². The van der Waals surface area contributed by atoms with Gasteiger partial charge in [0.05, 0.1) is 13.7 Å². The summed E-state index contributed by atoms with van der Waals surface area (Å²) in [5.41, 5.74) is 1.27. The van der Waals surface area contributed by atoms with Crippen LogP contribution >= 0.6 is 0 Å². The number of aliphatic hydroxyl groups is 1. The average Bonchev–Trinajstić information content (AvgIpc) is 2.78. The van der Waals surface area contributed by atoms with Crippen molar-refractivity contribution in [2.24, 2.45) is 0 Å². The Labute approximate surface area is 90.1 Å². The molecule has 0 bridgehead atoms. The normalized spacial score (nSPS) is 25.5. The fraction of sp³-hybridized carbons (Fsp3) is 0.500. The second-order valence-corrected chi connectivity index (χ2v) is 3.95. The van der Waals surface area contributed by atoms with Crippen LogP contribution in [0.1, 0.15) is 24.4 Å². The van der Waals surface area contributed by atoms with E-state index in [4.69, 9.17) is 9.84 Å². The molecule has 3 heteroatoms. The van der Waals surface area contributed by atoms with Crippen molar-refractivity contribution in [3.05, 3.63) is 29.8 Å². The Morgan fingerprint density at radius 1 is 1.33 bits per heavy atom. The van der Waals surface area contributed by atoms with E-state index in [-0.39, 0.29) is 12.6 Å². The van der Waals surface area contributed by atoms with Crippen molar-refractivity contribution in [3.63, 3.8) is 0 Å². The molecule has 1 saturated heterocycles. The molecule has 1 aliphatic rings. The number of nitrogens with one attached hydrogen (secondary N) is 1. The number of benzene rings is 1. The second-order valence-electron chi connectivity index (χ2n) is 3.95. The molecule has 0 unspecified atom stereocenters. The Kier molecular flexibility index (Phi) is 3.23. The van der Waals surface area contributed by atoms with E-state index in [1.165, 1.54) is 5.56 Å². The maximum Gasteiger partial charge on any atom is 0.118 e. The molecule has 0 saturated carbocycles. The topological polar surface area (TPSA) is 41.5 Å². The van der Waals surface area contributed by atoms with Crippen molar-refractivity contribution >= 4 is 0 Å². The summed E-state index contributed by atoms with van der Waals surface area (Å²) in [6.07, 6.45) is 2.14. The summed E-state index contributed by atoms with van der Waals surface area (Å²) < 4.78 is 5.11. The Hall–Kier alpha value is -1.06. The van der Waals surface area contributed by atoms with Gasteiger partial charge in [-0.05, 0) is 30.5 Å². The van der Waals surface area contributed by atoms with Crippen LogP contribution in [-0.2, 0) is 0 Å². The van der Waals surface area contributed by atoms with Crippen LogP contribution in [-0.4, -0.2) is 24.9 Å². The van der Waals surface area contributed by atoms with Crippen LogP contribution < -0.4 is 10.1 Å². The van der Waals surface area contributed by atoms with Gasteiger partial charge in [0.25, 0.3) is 0 Å². The number of hydrogen-bond acceptors (Lipinski definition) is 3. The number of methoxy groups -OCH3 is 1. The standard InChI is InChI=1S/C12H17NO2/c1-15-11-5-2-9(3-6-11)12-7-4-10(8-14)13-12/h2-3,5-6,10,12-14H,4,7-8H2,1H3/t10-,12+/m0/s1. The highest BCUT2D eigenvalue weighted by Crippen LogP contribution is 2.27. The summed E-state index contributed by atoms with van der Waals surface area (Å²) in [6.45, 7) is 0.229. The van der Waals surface area contributed by atoms with Crippen LogP contribution in [0.3, 0.4) is 0 Å². The summed E-state index contributed by atoms with van der Waals surface area (Å²) in [6, 6.07) is 8.75. The maximum absolute atomic E-state index is 9.03. The summed E-state index contributed by atoms with van der Waals surface area (Å²) in [7, 11) is 1.67. The van der Waals surface area contributed by atoms with Gasteiger partial charge < -0.3 is 15.2 Å². The highest BCUT2D eigenvalue weighted by molar-refractivity contribution is 5.29. The molecule has 0 radical (unpaired) electrons. The largest absolute Gasteiger partial charge is 0.497 e. The van der Waals surface area contributed by atoms with Gasteiger partial charge in [-0.1, -0.05) is 12.1 Å². The van der Waals surface area contributed by atoms with Crippen molar-refractivity contribution in [1.29, 1.82) is 0 Å². The molecule has 0 spiro atoms. The molecule has 1 fully saturated rings. The predicted octanol–water partition coefficient (Wildman–Crippen LogP) is 1.48. The molecule has 15 heavy (non-hydrogen) atoms. The first-order chi connectivity index (χ1) is 7.33. The highest BCUT2D eigenvalue weighted by Gasteiger charge is 2.23. The third kappa shape index (κ3) is 2.30. The van der Waals surface area contributed by atoms with Gasteiger partial charge in [-0.2, -0.15) is 0 Å². The Bertz CT molecular complexity index is 310. The van der Waals surface area contributed by atoms with Crippen molar-refractivity contribution in [1.82, 2.24) is 5.32 Å². The van der Waals surface area contributed by atoms with Gasteiger partial charge in [0, 0.05) is 12.1 Å². The van der Waals surface area contributed by atoms with Crippen LogP contribution in [0.15, 0.2) is 24.3 Å². The zero-order valence-electron chi connectivity index (χ0n) is 8.94. The van der Waals surface area contributed by atoms with Gasteiger partial charge in [-0.3, -0.25) is 0 Å². The van der Waals surface area contributed by atoms with E-state index in [0.29, 0.717) is 6.04 Å². The molecular weight excluding hydrogens is 190 g/mol. The Morgan fingerprint density at radius 2 is 2.07 bits per heavy atom. The molecule has 2 atom stereocenters. The van der Waals surface area contributed by atoms with Gasteiger partial charge in [-0.25, -0.2) is 0 Å². The molecule has 3 nitrogen and oxygen atoms in total. The number of aliphatic hydroxyl groups excluding tert-OH is 1. The molecule has 1 aromatic rings. The molecule has 0 aliphatic carbocycles. The number of rotatable bonds is 3. The van der Waals surface area contributed by atoms with E-state index in [2.05, 4.69) is 17.4 Å². The summed E-state index contributed by atoms with van der Waals surface area (Å²) >= 11 is 0. The molecular formula is C12H17NO2. The van der Waals surface area contributed by atoms with Crippen molar-refractivity contribution in [3.8, 4) is 5.75 Å². The van der Waals surface area contributed by atoms with Crippen LogP contribution in [0, 0.1) is 0 Å². The molecule has 1 aromatic carbocycles. The van der Waals surface area contributed by atoms with E-state index in [0.717, 1.165) is 18.6 Å². The van der Waals surface area contributed by atoms with E-state index in [9.17, 15) is 0 Å². The van der Waals surface area contributed by atoms with Crippen LogP contribution in [0.2, 0.25) is 0 Å². The Morgan fingerprint density at radius 3 is 2.60 bits per heavy atom. The van der Waals surface area contributed by atoms with Gasteiger partial charge >= 0.3 is 0 Å². The van der Waals surface area contributed by atoms with Crippen molar-refractivity contribution in [2.45, 2.75) is 24.9 Å². The summed E-state index contributed by atoms with van der Waals surface area (Å²) in [5, 5.41) is 12.4. The zero-order chi connectivity index (χ0) is 10.7. The van der Waals surface area contributed by atoms with Crippen LogP contribution in [0.5, 0.6) is 5.75 Å². The lowest BCUT2D eigenvalue weighted by Crippen LogP contribution is -2.27. The lowest BCUT2D eigenvalue weighted by atomic mass is 10.1. The highest BCUT2D eigenvalue weighted by atomic mass is 16.5. The lowest BCUT2D eigenvalue weighted by Gasteiger charge is -2.13. The fourth-order valence-electron chi connectivity index (χ4n) is 2.06. The average molecular weight is 207 g/mol. The summed E-state index contributed by atoms with van der Waals surface area (Å²) in [5.74, 6) is 0.885. The van der Waals surface area contributed by atoms with E-state index >= 15 is 0 Å². The molecule has 0 amide bonds. The molecule has 1 heterocycles. The minimum atomic E-state index is 0.229. The minimum Gasteiger partial charge on any atom is -0.497 e. The first-order valence-electron chi connectivity index (χ1n) is 5.34. The van der Waals surface area contributed by atoms with Crippen molar-refractivity contribution in [2.75, 3.05) is 13.7 Å². The maximum atomic E-state index is 9.03. The molecule has 0 aromatic heterocycles. The minimum absolute atomic E-state index is 0.229. The monoisotopic (exact) mass is 207 g/mol. The van der Waals surface area contributed by atoms with E-state index in [1.54, 1.807) is 7.11 Å². The zero-order valence-corrected chi connectivity index (χ0v) is 8.94. The predicted molar refractivity (Wildman–Crippen MR) is 59.0 cm³/mol. The van der Waals surface area contributed by atoms with Crippen LogP contribution in [0.25, 0.3) is 0 Å². The van der Waals surface area contributed by atoms with Gasteiger partial charge in [0.2, 0.25) is 0 Å². The smallest absolute Gasteiger partial charge is 0.118 e. The lowest BCUT2D eigenvalue weighted by molar-refractivity contribution is 0.251. The Balaban J connectivity index is 2.04. The third-order valence-corrected chi connectivity index (χ3v) is 2.98. The summed E-state index contributed by atoms with van der Waals surface area (Å²) in [4.78, 5) is 0. The number of ether oxygens (including phenoxy) is 1. The van der Waals surface area contributed by atoms with Crippen LogP contribution in [0.4, 0.5) is 0 Å². The van der Waals surface area contributed by atoms with E-state index < -0.39 is 0 Å². The first kappa shape index (κ1) is 10.5. The first-order valence-corrected chi connectivity index (χ1v) is 5.34. The molecule has 82 valence electrons. The molecule has 1 aliphatic heterocycles. The van der Waals surface area contributed by atoms with E-state index in [1.807, 2.05) is 12.1 Å². The fourth-order valence-corrected chi connectivity index (χ4v) is 2.06. The van der Waals surface area contributed by atoms with Gasteiger partial charge in [0.15, 0.2) is 0 Å². The molecule has 2 N–H and O–H groups in total. The van der Waals surface area contributed by atoms with Gasteiger partial charge in [0.1, 0.15) is 5.75 Å². The van der Waals surface area contributed by atoms with Gasteiger partial charge in [-0.15, -0.1) is 0 Å². The third-order valence-electron chi connectivity index (χ3n) is 2.98. The molecule has 2 rings (SSSR count).